The number of anilines is 1. The highest BCUT2D eigenvalue weighted by atomic mass is 15.3. The van der Waals surface area contributed by atoms with E-state index in [4.69, 9.17) is 5.73 Å². The summed E-state index contributed by atoms with van der Waals surface area (Å²) in [6.07, 6.45) is 3.92. The molecule has 0 aromatic heterocycles. The average molecular weight is 245 g/mol. The van der Waals surface area contributed by atoms with E-state index in [9.17, 15) is 0 Å². The van der Waals surface area contributed by atoms with Crippen LogP contribution in [0.3, 0.4) is 0 Å². The Labute approximate surface area is 109 Å². The molecule has 1 aliphatic carbocycles. The van der Waals surface area contributed by atoms with Crippen LogP contribution in [0.5, 0.6) is 0 Å². The number of nitrogens with one attached hydrogen (secondary N) is 1. The molecular formula is C15H23N3. The van der Waals surface area contributed by atoms with E-state index < -0.39 is 0 Å². The highest BCUT2D eigenvalue weighted by molar-refractivity contribution is 5.48. The number of nitrogens with zero attached hydrogens (tertiary/aromatic N) is 1. The van der Waals surface area contributed by atoms with Crippen LogP contribution < -0.4 is 11.1 Å². The standard InChI is InChI=1S/C15H23N3/c1-12-3-2-4-13(9-12)17-15(10-16)7-8-18(11-15)14-5-6-14/h2-4,9,14,17H,5-8,10-11,16H2,1H3. The number of aryl methyl sites for hydroxylation is 1. The SMILES string of the molecule is Cc1cccc(NC2(CN)CCN(C3CC3)C2)c1. The Hall–Kier alpha value is -1.06. The van der Waals surface area contributed by atoms with Crippen LogP contribution >= 0.6 is 0 Å². The topological polar surface area (TPSA) is 41.3 Å². The van der Waals surface area contributed by atoms with Gasteiger partial charge in [0, 0.05) is 31.4 Å². The van der Waals surface area contributed by atoms with Crippen LogP contribution in [0.1, 0.15) is 24.8 Å². The predicted octanol–water partition coefficient (Wildman–Crippen LogP) is 1.97. The van der Waals surface area contributed by atoms with E-state index in [-0.39, 0.29) is 5.54 Å². The summed E-state index contributed by atoms with van der Waals surface area (Å²) in [4.78, 5) is 2.61. The molecule has 0 radical (unpaired) electrons. The van der Waals surface area contributed by atoms with Crippen molar-refractivity contribution in [2.45, 2.75) is 37.8 Å². The maximum absolute atomic E-state index is 6.05. The van der Waals surface area contributed by atoms with Gasteiger partial charge in [0.1, 0.15) is 0 Å². The molecule has 1 aromatic rings. The van der Waals surface area contributed by atoms with Crippen molar-refractivity contribution < 1.29 is 0 Å². The van der Waals surface area contributed by atoms with Gasteiger partial charge in [-0.2, -0.15) is 0 Å². The molecule has 3 heteroatoms. The number of likely N-dealkylation sites (tertiary alicyclic amines) is 1. The first-order chi connectivity index (χ1) is 8.71. The van der Waals surface area contributed by atoms with Crippen molar-refractivity contribution in [3.63, 3.8) is 0 Å². The Kier molecular flexibility index (Phi) is 3.04. The molecule has 0 amide bonds. The predicted molar refractivity (Wildman–Crippen MR) is 75.8 cm³/mol. The molecular weight excluding hydrogens is 222 g/mol. The summed E-state index contributed by atoms with van der Waals surface area (Å²) in [7, 11) is 0. The fourth-order valence-corrected chi connectivity index (χ4v) is 3.00. The van der Waals surface area contributed by atoms with Crippen molar-refractivity contribution in [2.24, 2.45) is 5.73 Å². The molecule has 1 saturated heterocycles. The molecule has 1 heterocycles. The van der Waals surface area contributed by atoms with Crippen LogP contribution in [0.4, 0.5) is 5.69 Å². The van der Waals surface area contributed by atoms with Crippen LogP contribution in [0.2, 0.25) is 0 Å². The molecule has 0 bridgehead atoms. The maximum atomic E-state index is 6.05. The lowest BCUT2D eigenvalue weighted by molar-refractivity contribution is 0.309. The largest absolute Gasteiger partial charge is 0.377 e. The van der Waals surface area contributed by atoms with Gasteiger partial charge in [-0.25, -0.2) is 0 Å². The van der Waals surface area contributed by atoms with E-state index in [1.54, 1.807) is 0 Å². The minimum Gasteiger partial charge on any atom is -0.377 e. The maximum Gasteiger partial charge on any atom is 0.0634 e. The van der Waals surface area contributed by atoms with E-state index >= 15 is 0 Å². The van der Waals surface area contributed by atoms with E-state index in [1.165, 1.54) is 30.6 Å². The second-order valence-electron chi connectivity index (χ2n) is 5.93. The summed E-state index contributed by atoms with van der Waals surface area (Å²) < 4.78 is 0. The van der Waals surface area contributed by atoms with Crippen LogP contribution in [-0.2, 0) is 0 Å². The van der Waals surface area contributed by atoms with Crippen molar-refractivity contribution in [3.05, 3.63) is 29.8 Å². The smallest absolute Gasteiger partial charge is 0.0634 e. The first kappa shape index (κ1) is 12.0. The van der Waals surface area contributed by atoms with Gasteiger partial charge in [0.05, 0.1) is 5.54 Å². The van der Waals surface area contributed by atoms with Gasteiger partial charge in [-0.15, -0.1) is 0 Å². The van der Waals surface area contributed by atoms with Crippen LogP contribution in [0.25, 0.3) is 0 Å². The Bertz CT molecular complexity index is 428. The molecule has 2 fully saturated rings. The minimum absolute atomic E-state index is 0.0797. The quantitative estimate of drug-likeness (QED) is 0.852. The van der Waals surface area contributed by atoms with Gasteiger partial charge < -0.3 is 11.1 Å². The summed E-state index contributed by atoms with van der Waals surface area (Å²) in [5, 5.41) is 3.69. The third-order valence-electron chi connectivity index (χ3n) is 4.26. The number of hydrogen-bond donors (Lipinski definition) is 2. The Morgan fingerprint density at radius 3 is 2.94 bits per heavy atom. The highest BCUT2D eigenvalue weighted by Gasteiger charge is 2.42. The van der Waals surface area contributed by atoms with Gasteiger partial charge in [0.2, 0.25) is 0 Å². The number of nitrogens with two attached hydrogens (primary N) is 1. The van der Waals surface area contributed by atoms with E-state index in [0.29, 0.717) is 6.54 Å². The van der Waals surface area contributed by atoms with Crippen molar-refractivity contribution in [1.82, 2.24) is 4.90 Å². The van der Waals surface area contributed by atoms with E-state index in [0.717, 1.165) is 19.0 Å². The third-order valence-corrected chi connectivity index (χ3v) is 4.26. The summed E-state index contributed by atoms with van der Waals surface area (Å²) in [5.41, 5.74) is 8.63. The fraction of sp³-hybridized carbons (Fsp3) is 0.600. The monoisotopic (exact) mass is 245 g/mol. The Balaban J connectivity index is 1.72. The normalized spacial score (nSPS) is 28.6. The summed E-state index contributed by atoms with van der Waals surface area (Å²) >= 11 is 0. The van der Waals surface area contributed by atoms with Crippen LogP contribution in [-0.4, -0.2) is 36.1 Å². The summed E-state index contributed by atoms with van der Waals surface area (Å²) in [5.74, 6) is 0. The van der Waals surface area contributed by atoms with E-state index in [1.807, 2.05) is 0 Å². The zero-order valence-electron chi connectivity index (χ0n) is 11.2. The first-order valence-corrected chi connectivity index (χ1v) is 7.00. The van der Waals surface area contributed by atoms with Gasteiger partial charge >= 0.3 is 0 Å². The number of rotatable bonds is 4. The van der Waals surface area contributed by atoms with Gasteiger partial charge in [0.15, 0.2) is 0 Å². The molecule has 18 heavy (non-hydrogen) atoms. The molecule has 3 nitrogen and oxygen atoms in total. The minimum atomic E-state index is 0.0797. The summed E-state index contributed by atoms with van der Waals surface area (Å²) in [6, 6.07) is 9.43. The molecule has 1 saturated carbocycles. The molecule has 1 atom stereocenters. The molecule has 2 aliphatic rings. The molecule has 1 aliphatic heterocycles. The molecule has 98 valence electrons. The first-order valence-electron chi connectivity index (χ1n) is 7.00. The zero-order valence-corrected chi connectivity index (χ0v) is 11.2. The van der Waals surface area contributed by atoms with Crippen molar-refractivity contribution >= 4 is 5.69 Å². The number of benzene rings is 1. The molecule has 3 rings (SSSR count). The van der Waals surface area contributed by atoms with Crippen molar-refractivity contribution in [1.29, 1.82) is 0 Å². The van der Waals surface area contributed by atoms with Crippen molar-refractivity contribution in [2.75, 3.05) is 25.0 Å². The van der Waals surface area contributed by atoms with Gasteiger partial charge in [0.25, 0.3) is 0 Å². The van der Waals surface area contributed by atoms with Crippen molar-refractivity contribution in [3.8, 4) is 0 Å². The lowest BCUT2D eigenvalue weighted by Gasteiger charge is -2.30. The molecule has 0 spiro atoms. The lowest BCUT2D eigenvalue weighted by Crippen LogP contribution is -2.48. The lowest BCUT2D eigenvalue weighted by atomic mass is 9.98. The Morgan fingerprint density at radius 1 is 1.44 bits per heavy atom. The van der Waals surface area contributed by atoms with Gasteiger partial charge in [-0.3, -0.25) is 4.90 Å². The number of hydrogen-bond acceptors (Lipinski definition) is 3. The molecule has 1 unspecified atom stereocenters. The zero-order chi connectivity index (χ0) is 12.6. The fourth-order valence-electron chi connectivity index (χ4n) is 3.00. The highest BCUT2D eigenvalue weighted by Crippen LogP contribution is 2.34. The van der Waals surface area contributed by atoms with E-state index in [2.05, 4.69) is 41.4 Å². The second-order valence-corrected chi connectivity index (χ2v) is 5.93. The van der Waals surface area contributed by atoms with Gasteiger partial charge in [-0.05, 0) is 43.9 Å². The second kappa shape index (κ2) is 4.56. The Morgan fingerprint density at radius 2 is 2.28 bits per heavy atom. The van der Waals surface area contributed by atoms with Crippen LogP contribution in [0.15, 0.2) is 24.3 Å². The summed E-state index contributed by atoms with van der Waals surface area (Å²) in [6.45, 7) is 5.14. The molecule has 1 aromatic carbocycles. The van der Waals surface area contributed by atoms with Crippen LogP contribution in [0, 0.1) is 6.92 Å². The molecule has 3 N–H and O–H groups in total. The van der Waals surface area contributed by atoms with Gasteiger partial charge in [-0.1, -0.05) is 12.1 Å². The average Bonchev–Trinajstić information content (AvgIpc) is 3.12. The third kappa shape index (κ3) is 2.38.